The molecular weight excluding hydrogens is 496 g/mol. The molecule has 0 saturated carbocycles. The van der Waals surface area contributed by atoms with Gasteiger partial charge in [0.15, 0.2) is 0 Å². The lowest BCUT2D eigenvalue weighted by Gasteiger charge is -2.43. The fourth-order valence-corrected chi connectivity index (χ4v) is 7.23. The number of piperidine rings is 1. The Morgan fingerprint density at radius 3 is 1.85 bits per heavy atom. The summed E-state index contributed by atoms with van der Waals surface area (Å²) in [5.74, 6) is -0.158. The van der Waals surface area contributed by atoms with Gasteiger partial charge in [-0.05, 0) is 48.2 Å². The zero-order valence-electron chi connectivity index (χ0n) is 23.1. The zero-order chi connectivity index (χ0) is 27.4. The van der Waals surface area contributed by atoms with Gasteiger partial charge in [-0.1, -0.05) is 54.6 Å². The van der Waals surface area contributed by atoms with Crippen molar-refractivity contribution >= 4 is 39.3 Å². The molecule has 2 saturated heterocycles. The number of carbonyl (C=O) groups is 2. The number of rotatable bonds is 4. The maximum absolute atomic E-state index is 13.8. The highest BCUT2D eigenvalue weighted by Gasteiger charge is 2.44. The van der Waals surface area contributed by atoms with Crippen molar-refractivity contribution in [1.29, 1.82) is 0 Å². The second kappa shape index (κ2) is 9.40. The molecule has 1 atom stereocenters. The van der Waals surface area contributed by atoms with Gasteiger partial charge >= 0.3 is 0 Å². The Labute approximate surface area is 234 Å². The number of hydrogen-bond acceptors (Lipinski definition) is 2. The Kier molecular flexibility index (Phi) is 5.81. The van der Waals surface area contributed by atoms with E-state index >= 15 is 0 Å². The minimum atomic E-state index is -0.296. The van der Waals surface area contributed by atoms with E-state index in [0.29, 0.717) is 19.6 Å². The van der Waals surface area contributed by atoms with Gasteiger partial charge in [-0.15, -0.1) is 0 Å². The Balaban J connectivity index is 1.23. The van der Waals surface area contributed by atoms with Crippen LogP contribution >= 0.6 is 0 Å². The van der Waals surface area contributed by atoms with Gasteiger partial charge in [0.1, 0.15) is 0 Å². The molecule has 0 radical (unpaired) electrons. The molecule has 3 aromatic carbocycles. The molecule has 2 aliphatic rings. The quantitative estimate of drug-likeness (QED) is 0.302. The van der Waals surface area contributed by atoms with Crippen molar-refractivity contribution in [1.82, 2.24) is 14.0 Å². The number of likely N-dealkylation sites (tertiary alicyclic amines) is 1. The number of para-hydroxylation sites is 3. The first-order valence-corrected chi connectivity index (χ1v) is 14.2. The van der Waals surface area contributed by atoms with E-state index in [2.05, 4.69) is 84.2 Å². The number of aryl methyl sites for hydroxylation is 2. The minimum absolute atomic E-state index is 0.0300. The molecule has 0 unspecified atom stereocenters. The number of amides is 2. The van der Waals surface area contributed by atoms with E-state index in [1.165, 1.54) is 32.9 Å². The third-order valence-corrected chi connectivity index (χ3v) is 9.30. The van der Waals surface area contributed by atoms with Gasteiger partial charge in [-0.3, -0.25) is 9.59 Å². The fourth-order valence-electron chi connectivity index (χ4n) is 7.23. The number of anilines is 1. The van der Waals surface area contributed by atoms with Crippen LogP contribution in [0.3, 0.4) is 0 Å². The fraction of sp³-hybridized carbons (Fsp3) is 0.294. The molecule has 2 aromatic heterocycles. The molecule has 40 heavy (non-hydrogen) atoms. The van der Waals surface area contributed by atoms with Crippen LogP contribution in [0.1, 0.15) is 30.4 Å². The first kappa shape index (κ1) is 24.7. The van der Waals surface area contributed by atoms with Crippen molar-refractivity contribution < 1.29 is 9.59 Å². The van der Waals surface area contributed by atoms with Gasteiger partial charge in [0.2, 0.25) is 11.8 Å². The summed E-state index contributed by atoms with van der Waals surface area (Å²) < 4.78 is 4.47. The summed E-state index contributed by atoms with van der Waals surface area (Å²) in [7, 11) is 4.24. The molecule has 5 aromatic rings. The van der Waals surface area contributed by atoms with Gasteiger partial charge < -0.3 is 18.9 Å². The van der Waals surface area contributed by atoms with Crippen molar-refractivity contribution in [2.45, 2.75) is 24.7 Å². The Morgan fingerprint density at radius 1 is 0.750 bits per heavy atom. The van der Waals surface area contributed by atoms with Crippen LogP contribution in [-0.4, -0.2) is 45.5 Å². The predicted molar refractivity (Wildman–Crippen MR) is 159 cm³/mol. The van der Waals surface area contributed by atoms with E-state index in [1.807, 2.05) is 35.2 Å². The average molecular weight is 531 g/mol. The van der Waals surface area contributed by atoms with E-state index in [9.17, 15) is 9.59 Å². The number of fused-ring (bicyclic) bond motifs is 2. The lowest BCUT2D eigenvalue weighted by atomic mass is 9.67. The van der Waals surface area contributed by atoms with Crippen LogP contribution in [0, 0.1) is 5.92 Å². The number of hydrogen-bond donors (Lipinski definition) is 0. The molecule has 0 bridgehead atoms. The highest BCUT2D eigenvalue weighted by molar-refractivity contribution is 6.00. The summed E-state index contributed by atoms with van der Waals surface area (Å²) in [6.45, 7) is 1.79. The van der Waals surface area contributed by atoms with E-state index in [-0.39, 0.29) is 29.6 Å². The van der Waals surface area contributed by atoms with E-state index in [1.54, 1.807) is 4.90 Å². The van der Waals surface area contributed by atoms with Crippen LogP contribution in [-0.2, 0) is 29.1 Å². The zero-order valence-corrected chi connectivity index (χ0v) is 23.1. The summed E-state index contributed by atoms with van der Waals surface area (Å²) in [5.41, 5.74) is 5.76. The molecule has 202 valence electrons. The molecule has 6 heteroatoms. The number of aromatic nitrogens is 2. The third kappa shape index (κ3) is 3.77. The molecule has 4 heterocycles. The first-order chi connectivity index (χ1) is 19.5. The van der Waals surface area contributed by atoms with Gasteiger partial charge in [0.05, 0.1) is 5.92 Å². The molecule has 0 N–H and O–H groups in total. The maximum Gasteiger partial charge on any atom is 0.228 e. The van der Waals surface area contributed by atoms with Crippen LogP contribution < -0.4 is 4.90 Å². The minimum Gasteiger partial charge on any atom is -0.350 e. The number of benzene rings is 3. The Hall–Kier alpha value is -4.32. The Bertz CT molecular complexity index is 1660. The van der Waals surface area contributed by atoms with E-state index in [4.69, 9.17) is 0 Å². The maximum atomic E-state index is 13.8. The van der Waals surface area contributed by atoms with E-state index < -0.39 is 0 Å². The van der Waals surface area contributed by atoms with Crippen molar-refractivity contribution in [3.63, 3.8) is 0 Å². The van der Waals surface area contributed by atoms with Crippen molar-refractivity contribution in [3.8, 4) is 0 Å². The van der Waals surface area contributed by atoms with Crippen LogP contribution in [0.25, 0.3) is 21.8 Å². The lowest BCUT2D eigenvalue weighted by molar-refractivity contribution is -0.137. The standard InChI is InChI=1S/C34H34N4O2/c1-35-22-28(26-12-6-8-14-30(26)35)34(29-23-36(2)31-15-9-7-13-27(29)31)16-18-37(19-17-34)33(40)24-20-32(39)38(21-24)25-10-4-3-5-11-25/h3-15,22-24H,16-21H2,1-2H3/t24-/m1/s1. The predicted octanol–water partition coefficient (Wildman–Crippen LogP) is 5.63. The van der Waals surface area contributed by atoms with E-state index in [0.717, 1.165) is 18.5 Å². The molecule has 2 aliphatic heterocycles. The van der Waals surface area contributed by atoms with Crippen LogP contribution in [0.5, 0.6) is 0 Å². The summed E-state index contributed by atoms with van der Waals surface area (Å²) >= 11 is 0. The summed E-state index contributed by atoms with van der Waals surface area (Å²) in [4.78, 5) is 30.4. The van der Waals surface area contributed by atoms with Gasteiger partial charge in [-0.25, -0.2) is 0 Å². The number of nitrogens with zero attached hydrogens (tertiary/aromatic N) is 4. The SMILES string of the molecule is Cn1cc(C2(c3cn(C)c4ccccc34)CCN(C(=O)[C@@H]3CC(=O)N(c4ccccc4)C3)CC2)c2ccccc21. The van der Waals surface area contributed by atoms with Crippen molar-refractivity contribution in [2.75, 3.05) is 24.5 Å². The first-order valence-electron chi connectivity index (χ1n) is 14.2. The average Bonchev–Trinajstić information content (AvgIpc) is 3.67. The van der Waals surface area contributed by atoms with Crippen LogP contribution in [0.15, 0.2) is 91.3 Å². The molecule has 6 nitrogen and oxygen atoms in total. The Morgan fingerprint density at radius 2 is 1.27 bits per heavy atom. The molecule has 2 amide bonds. The summed E-state index contributed by atoms with van der Waals surface area (Å²) in [5, 5.41) is 2.55. The van der Waals surface area contributed by atoms with Gasteiger partial charge in [0.25, 0.3) is 0 Å². The molecular formula is C34H34N4O2. The number of carbonyl (C=O) groups excluding carboxylic acids is 2. The van der Waals surface area contributed by atoms with Gasteiger partial charge in [0, 0.05) is 85.5 Å². The van der Waals surface area contributed by atoms with Crippen molar-refractivity contribution in [2.24, 2.45) is 20.0 Å². The largest absolute Gasteiger partial charge is 0.350 e. The lowest BCUT2D eigenvalue weighted by Crippen LogP contribution is -2.48. The van der Waals surface area contributed by atoms with Crippen LogP contribution in [0.4, 0.5) is 5.69 Å². The molecule has 7 rings (SSSR count). The molecule has 0 spiro atoms. The smallest absolute Gasteiger partial charge is 0.228 e. The summed E-state index contributed by atoms with van der Waals surface area (Å²) in [6, 6.07) is 27.0. The second-order valence-corrected chi connectivity index (χ2v) is 11.5. The van der Waals surface area contributed by atoms with Crippen molar-refractivity contribution in [3.05, 3.63) is 102 Å². The summed E-state index contributed by atoms with van der Waals surface area (Å²) in [6.07, 6.45) is 6.56. The normalized spacial score (nSPS) is 19.1. The topological polar surface area (TPSA) is 50.5 Å². The van der Waals surface area contributed by atoms with Crippen LogP contribution in [0.2, 0.25) is 0 Å². The molecule has 2 fully saturated rings. The highest BCUT2D eigenvalue weighted by Crippen LogP contribution is 2.48. The monoisotopic (exact) mass is 530 g/mol. The molecule has 0 aliphatic carbocycles. The third-order valence-electron chi connectivity index (χ3n) is 9.30. The van der Waals surface area contributed by atoms with Gasteiger partial charge in [-0.2, -0.15) is 0 Å². The second-order valence-electron chi connectivity index (χ2n) is 11.5. The highest BCUT2D eigenvalue weighted by atomic mass is 16.2.